The minimum atomic E-state index is -0.376. The summed E-state index contributed by atoms with van der Waals surface area (Å²) in [5, 5.41) is 14.2. The average Bonchev–Trinajstić information content (AvgIpc) is 3.30. The summed E-state index contributed by atoms with van der Waals surface area (Å²) in [6.45, 7) is 0. The third-order valence-corrected chi connectivity index (χ3v) is 3.56. The Morgan fingerprint density at radius 1 is 1.14 bits per heavy atom. The standard InChI is InChI=1S/C16H17N3O2/c20-19(21)15-11-10-13(17-16(15)18-14-8-9-14)7-6-12-4-2-1-3-5-12/h1-5,10-11,14H,6-9H2,(H,17,18). The summed E-state index contributed by atoms with van der Waals surface area (Å²) in [7, 11) is 0. The lowest BCUT2D eigenvalue weighted by molar-refractivity contribution is -0.384. The van der Waals surface area contributed by atoms with Crippen molar-refractivity contribution in [1.82, 2.24) is 4.98 Å². The van der Waals surface area contributed by atoms with Crippen molar-refractivity contribution >= 4 is 11.5 Å². The Kier molecular flexibility index (Phi) is 3.81. The first kappa shape index (κ1) is 13.5. The molecular formula is C16H17N3O2. The zero-order valence-electron chi connectivity index (χ0n) is 11.7. The van der Waals surface area contributed by atoms with Crippen LogP contribution in [0.3, 0.4) is 0 Å². The van der Waals surface area contributed by atoms with Crippen LogP contribution in [0.4, 0.5) is 11.5 Å². The second kappa shape index (κ2) is 5.91. The second-order valence-electron chi connectivity index (χ2n) is 5.33. The van der Waals surface area contributed by atoms with Crippen molar-refractivity contribution < 1.29 is 4.92 Å². The SMILES string of the molecule is O=[N+]([O-])c1ccc(CCc2ccccc2)nc1NC1CC1. The summed E-state index contributed by atoms with van der Waals surface area (Å²) in [5.74, 6) is 0.410. The van der Waals surface area contributed by atoms with E-state index in [-0.39, 0.29) is 10.6 Å². The molecule has 0 radical (unpaired) electrons. The van der Waals surface area contributed by atoms with Crippen molar-refractivity contribution in [3.63, 3.8) is 0 Å². The number of nitrogens with one attached hydrogen (secondary N) is 1. The van der Waals surface area contributed by atoms with E-state index in [1.807, 2.05) is 18.2 Å². The van der Waals surface area contributed by atoms with Gasteiger partial charge in [-0.15, -0.1) is 0 Å². The molecule has 1 heterocycles. The Balaban J connectivity index is 1.74. The van der Waals surface area contributed by atoms with Crippen molar-refractivity contribution in [3.8, 4) is 0 Å². The van der Waals surface area contributed by atoms with Crippen LogP contribution in [0.1, 0.15) is 24.1 Å². The third kappa shape index (κ3) is 3.56. The van der Waals surface area contributed by atoms with E-state index in [4.69, 9.17) is 0 Å². The van der Waals surface area contributed by atoms with E-state index in [1.54, 1.807) is 12.1 Å². The van der Waals surface area contributed by atoms with Crippen LogP contribution in [0.25, 0.3) is 0 Å². The molecule has 0 aliphatic heterocycles. The van der Waals surface area contributed by atoms with E-state index in [0.717, 1.165) is 31.4 Å². The number of hydrogen-bond acceptors (Lipinski definition) is 4. The zero-order valence-corrected chi connectivity index (χ0v) is 11.7. The van der Waals surface area contributed by atoms with E-state index < -0.39 is 0 Å². The molecule has 2 aromatic rings. The molecule has 3 rings (SSSR count). The number of nitrogens with zero attached hydrogens (tertiary/aromatic N) is 2. The lowest BCUT2D eigenvalue weighted by Gasteiger charge is -2.07. The van der Waals surface area contributed by atoms with Gasteiger partial charge in [-0.1, -0.05) is 30.3 Å². The summed E-state index contributed by atoms with van der Waals surface area (Å²) in [5.41, 5.74) is 2.19. The molecule has 1 fully saturated rings. The average molecular weight is 283 g/mol. The fourth-order valence-electron chi connectivity index (χ4n) is 2.22. The Morgan fingerprint density at radius 2 is 1.90 bits per heavy atom. The number of rotatable bonds is 6. The van der Waals surface area contributed by atoms with E-state index in [2.05, 4.69) is 22.4 Å². The summed E-state index contributed by atoms with van der Waals surface area (Å²) < 4.78 is 0. The van der Waals surface area contributed by atoms with Crippen LogP contribution in [0.2, 0.25) is 0 Å². The topological polar surface area (TPSA) is 68.1 Å². The van der Waals surface area contributed by atoms with Crippen molar-refractivity contribution in [2.24, 2.45) is 0 Å². The molecule has 5 nitrogen and oxygen atoms in total. The summed E-state index contributed by atoms with van der Waals surface area (Å²) in [4.78, 5) is 15.1. The summed E-state index contributed by atoms with van der Waals surface area (Å²) >= 11 is 0. The van der Waals surface area contributed by atoms with Crippen LogP contribution in [-0.4, -0.2) is 15.9 Å². The largest absolute Gasteiger partial charge is 0.362 e. The normalized spacial score (nSPS) is 13.9. The van der Waals surface area contributed by atoms with Gasteiger partial charge in [-0.25, -0.2) is 4.98 Å². The fourth-order valence-corrected chi connectivity index (χ4v) is 2.22. The molecule has 0 saturated heterocycles. The monoisotopic (exact) mass is 283 g/mol. The van der Waals surface area contributed by atoms with Crippen molar-refractivity contribution in [3.05, 3.63) is 63.8 Å². The fraction of sp³-hybridized carbons (Fsp3) is 0.312. The van der Waals surface area contributed by atoms with Crippen LogP contribution >= 0.6 is 0 Å². The molecule has 108 valence electrons. The van der Waals surface area contributed by atoms with Crippen LogP contribution in [0, 0.1) is 10.1 Å². The minimum absolute atomic E-state index is 0.0605. The highest BCUT2D eigenvalue weighted by atomic mass is 16.6. The Bertz CT molecular complexity index is 639. The molecule has 0 spiro atoms. The molecule has 1 aromatic carbocycles. The lowest BCUT2D eigenvalue weighted by atomic mass is 10.1. The molecule has 1 aromatic heterocycles. The third-order valence-electron chi connectivity index (χ3n) is 3.56. The molecule has 5 heteroatoms. The highest BCUT2D eigenvalue weighted by Gasteiger charge is 2.25. The van der Waals surface area contributed by atoms with E-state index in [9.17, 15) is 10.1 Å². The van der Waals surface area contributed by atoms with Gasteiger partial charge < -0.3 is 5.32 Å². The summed E-state index contributed by atoms with van der Waals surface area (Å²) in [6, 6.07) is 13.8. The molecule has 0 atom stereocenters. The van der Waals surface area contributed by atoms with Gasteiger partial charge in [0.15, 0.2) is 0 Å². The quantitative estimate of drug-likeness (QED) is 0.652. The predicted molar refractivity (Wildman–Crippen MR) is 81.4 cm³/mol. The molecule has 0 bridgehead atoms. The maximum Gasteiger partial charge on any atom is 0.311 e. The van der Waals surface area contributed by atoms with Crippen LogP contribution in [0.5, 0.6) is 0 Å². The molecule has 21 heavy (non-hydrogen) atoms. The van der Waals surface area contributed by atoms with E-state index in [1.165, 1.54) is 5.56 Å². The highest BCUT2D eigenvalue weighted by Crippen LogP contribution is 2.29. The first-order chi connectivity index (χ1) is 10.2. The van der Waals surface area contributed by atoms with Crippen molar-refractivity contribution in [2.75, 3.05) is 5.32 Å². The number of aromatic nitrogens is 1. The molecule has 1 N–H and O–H groups in total. The zero-order chi connectivity index (χ0) is 14.7. The predicted octanol–water partition coefficient (Wildman–Crippen LogP) is 3.35. The minimum Gasteiger partial charge on any atom is -0.362 e. The molecule has 1 saturated carbocycles. The van der Waals surface area contributed by atoms with Crippen molar-refractivity contribution in [2.45, 2.75) is 31.7 Å². The molecule has 1 aliphatic carbocycles. The number of pyridine rings is 1. The van der Waals surface area contributed by atoms with E-state index in [0.29, 0.717) is 11.9 Å². The molecule has 0 unspecified atom stereocenters. The van der Waals surface area contributed by atoms with Gasteiger partial charge in [-0.2, -0.15) is 0 Å². The number of benzene rings is 1. The van der Waals surface area contributed by atoms with Crippen LogP contribution in [-0.2, 0) is 12.8 Å². The van der Waals surface area contributed by atoms with Gasteiger partial charge in [0.1, 0.15) is 0 Å². The Labute approximate surface area is 123 Å². The summed E-state index contributed by atoms with van der Waals surface area (Å²) in [6.07, 6.45) is 3.79. The number of aryl methyl sites for hydroxylation is 2. The van der Waals surface area contributed by atoms with Crippen LogP contribution in [0.15, 0.2) is 42.5 Å². The maximum atomic E-state index is 11.0. The highest BCUT2D eigenvalue weighted by molar-refractivity contribution is 5.57. The van der Waals surface area contributed by atoms with Crippen molar-refractivity contribution in [1.29, 1.82) is 0 Å². The first-order valence-electron chi connectivity index (χ1n) is 7.17. The molecule has 1 aliphatic rings. The number of anilines is 1. The van der Waals surface area contributed by atoms with Gasteiger partial charge in [0.05, 0.1) is 4.92 Å². The van der Waals surface area contributed by atoms with Gasteiger partial charge in [0.25, 0.3) is 0 Å². The van der Waals surface area contributed by atoms with Gasteiger partial charge >= 0.3 is 5.69 Å². The first-order valence-corrected chi connectivity index (χ1v) is 7.17. The van der Waals surface area contributed by atoms with Crippen LogP contribution < -0.4 is 5.32 Å². The van der Waals surface area contributed by atoms with Gasteiger partial charge in [-0.3, -0.25) is 10.1 Å². The second-order valence-corrected chi connectivity index (χ2v) is 5.33. The maximum absolute atomic E-state index is 11.0. The van der Waals surface area contributed by atoms with Gasteiger partial charge in [0.2, 0.25) is 5.82 Å². The molecular weight excluding hydrogens is 266 g/mol. The lowest BCUT2D eigenvalue weighted by Crippen LogP contribution is -2.08. The van der Waals surface area contributed by atoms with Gasteiger partial charge in [0, 0.05) is 17.8 Å². The van der Waals surface area contributed by atoms with E-state index >= 15 is 0 Å². The molecule has 0 amide bonds. The number of nitro groups is 1. The Hall–Kier alpha value is -2.43. The Morgan fingerprint density at radius 3 is 2.57 bits per heavy atom. The smallest absolute Gasteiger partial charge is 0.311 e. The van der Waals surface area contributed by atoms with Gasteiger partial charge in [-0.05, 0) is 37.3 Å². The number of hydrogen-bond donors (Lipinski definition) is 1.